The van der Waals surface area contributed by atoms with Gasteiger partial charge in [0.1, 0.15) is 4.21 Å². The molecular weight excluding hydrogens is 380 g/mol. The van der Waals surface area contributed by atoms with Gasteiger partial charge in [0, 0.05) is 12.6 Å². The number of hydrogen-bond donors (Lipinski definition) is 3. The average molecular weight is 409 g/mol. The standard InChI is InChI=1S/C20H28N2O3S2/c23-15-18(13-16-7-2-1-3-8-16)21-14-17-9-4-5-10-19(17)22-27(24,25)20-11-6-12-26-20/h4-6,9-12,16,18,21-23H,1-3,7-8,13-15H2/t18-/m1/s1. The number of nitrogens with one attached hydrogen (secondary N) is 2. The number of rotatable bonds is 9. The van der Waals surface area contributed by atoms with E-state index in [0.717, 1.165) is 12.0 Å². The SMILES string of the molecule is O=S(=O)(Nc1ccccc1CN[C@@H](CO)CC1CCCCC1)c1cccs1. The summed E-state index contributed by atoms with van der Waals surface area (Å²) >= 11 is 1.20. The largest absolute Gasteiger partial charge is 0.395 e. The highest BCUT2D eigenvalue weighted by Gasteiger charge is 2.20. The number of para-hydroxylation sites is 1. The summed E-state index contributed by atoms with van der Waals surface area (Å²) in [5, 5.41) is 14.9. The number of thiophene rings is 1. The van der Waals surface area contributed by atoms with E-state index in [9.17, 15) is 13.5 Å². The van der Waals surface area contributed by atoms with E-state index in [0.29, 0.717) is 22.4 Å². The van der Waals surface area contributed by atoms with E-state index in [1.165, 1.54) is 43.4 Å². The highest BCUT2D eigenvalue weighted by Crippen LogP contribution is 2.28. The fourth-order valence-corrected chi connectivity index (χ4v) is 5.78. The van der Waals surface area contributed by atoms with Crippen molar-refractivity contribution in [3.63, 3.8) is 0 Å². The molecule has 1 aliphatic carbocycles. The van der Waals surface area contributed by atoms with Crippen molar-refractivity contribution in [2.45, 2.75) is 55.3 Å². The molecule has 27 heavy (non-hydrogen) atoms. The van der Waals surface area contributed by atoms with E-state index in [1.807, 2.05) is 18.2 Å². The number of benzene rings is 1. The van der Waals surface area contributed by atoms with Crippen molar-refractivity contribution in [3.05, 3.63) is 47.3 Å². The third kappa shape index (κ3) is 5.78. The van der Waals surface area contributed by atoms with Crippen LogP contribution in [-0.4, -0.2) is 26.2 Å². The minimum atomic E-state index is -3.57. The zero-order valence-electron chi connectivity index (χ0n) is 15.4. The van der Waals surface area contributed by atoms with Crippen LogP contribution in [0.5, 0.6) is 0 Å². The van der Waals surface area contributed by atoms with Gasteiger partial charge in [-0.25, -0.2) is 8.42 Å². The molecule has 1 aromatic heterocycles. The Kier molecular flexibility index (Phi) is 7.29. The Morgan fingerprint density at radius 1 is 1.11 bits per heavy atom. The number of hydrogen-bond acceptors (Lipinski definition) is 5. The number of aliphatic hydroxyl groups is 1. The average Bonchev–Trinajstić information content (AvgIpc) is 3.22. The van der Waals surface area contributed by atoms with Crippen LogP contribution in [-0.2, 0) is 16.6 Å². The maximum Gasteiger partial charge on any atom is 0.271 e. The molecule has 0 bridgehead atoms. The Hall–Kier alpha value is -1.41. The lowest BCUT2D eigenvalue weighted by molar-refractivity contribution is 0.203. The summed E-state index contributed by atoms with van der Waals surface area (Å²) in [6.45, 7) is 0.612. The number of sulfonamides is 1. The molecule has 7 heteroatoms. The predicted molar refractivity (Wildman–Crippen MR) is 110 cm³/mol. The molecule has 1 saturated carbocycles. The van der Waals surface area contributed by atoms with Crippen molar-refractivity contribution in [1.82, 2.24) is 5.32 Å². The molecule has 0 aliphatic heterocycles. The third-order valence-electron chi connectivity index (χ3n) is 5.17. The fourth-order valence-electron chi connectivity index (χ4n) is 3.69. The summed E-state index contributed by atoms with van der Waals surface area (Å²) in [5.74, 6) is 0.677. The molecule has 0 amide bonds. The molecule has 5 nitrogen and oxygen atoms in total. The summed E-state index contributed by atoms with van der Waals surface area (Å²) in [5.41, 5.74) is 1.45. The Morgan fingerprint density at radius 3 is 2.59 bits per heavy atom. The zero-order valence-corrected chi connectivity index (χ0v) is 17.1. The van der Waals surface area contributed by atoms with Crippen LogP contribution < -0.4 is 10.0 Å². The molecule has 1 fully saturated rings. The molecular formula is C20H28N2O3S2. The first-order valence-electron chi connectivity index (χ1n) is 9.57. The lowest BCUT2D eigenvalue weighted by Gasteiger charge is -2.26. The smallest absolute Gasteiger partial charge is 0.271 e. The summed E-state index contributed by atoms with van der Waals surface area (Å²) in [4.78, 5) is 0. The first-order chi connectivity index (χ1) is 13.1. The van der Waals surface area contributed by atoms with Gasteiger partial charge in [-0.05, 0) is 35.4 Å². The van der Waals surface area contributed by atoms with Crippen molar-refractivity contribution in [2.75, 3.05) is 11.3 Å². The highest BCUT2D eigenvalue weighted by molar-refractivity contribution is 7.94. The molecule has 3 rings (SSSR count). The van der Waals surface area contributed by atoms with Gasteiger partial charge in [0.25, 0.3) is 10.0 Å². The minimum Gasteiger partial charge on any atom is -0.395 e. The molecule has 0 unspecified atom stereocenters. The van der Waals surface area contributed by atoms with Crippen LogP contribution in [0.4, 0.5) is 5.69 Å². The van der Waals surface area contributed by atoms with Gasteiger partial charge in [0.15, 0.2) is 0 Å². The van der Waals surface area contributed by atoms with Crippen LogP contribution in [0, 0.1) is 5.92 Å². The van der Waals surface area contributed by atoms with E-state index >= 15 is 0 Å². The second-order valence-corrected chi connectivity index (χ2v) is 10.1. The van der Waals surface area contributed by atoms with E-state index in [-0.39, 0.29) is 12.6 Å². The molecule has 0 spiro atoms. The number of anilines is 1. The van der Waals surface area contributed by atoms with Crippen molar-refractivity contribution < 1.29 is 13.5 Å². The molecule has 148 valence electrons. The van der Waals surface area contributed by atoms with Crippen LogP contribution >= 0.6 is 11.3 Å². The van der Waals surface area contributed by atoms with E-state index in [2.05, 4.69) is 10.0 Å². The summed E-state index contributed by atoms with van der Waals surface area (Å²) in [7, 11) is -3.57. The molecule has 1 atom stereocenters. The lowest BCUT2D eigenvalue weighted by Crippen LogP contribution is -2.34. The predicted octanol–water partition coefficient (Wildman–Crippen LogP) is 3.97. The molecule has 1 heterocycles. The van der Waals surface area contributed by atoms with Gasteiger partial charge in [0.05, 0.1) is 12.3 Å². The van der Waals surface area contributed by atoms with Crippen molar-refractivity contribution in [1.29, 1.82) is 0 Å². The Balaban J connectivity index is 1.63. The Bertz CT molecular complexity index is 800. The summed E-state index contributed by atoms with van der Waals surface area (Å²) in [6, 6.07) is 10.8. The van der Waals surface area contributed by atoms with Gasteiger partial charge in [0.2, 0.25) is 0 Å². The van der Waals surface area contributed by atoms with Crippen LogP contribution in [0.1, 0.15) is 44.1 Å². The lowest BCUT2D eigenvalue weighted by atomic mass is 9.85. The van der Waals surface area contributed by atoms with Crippen molar-refractivity contribution in [2.24, 2.45) is 5.92 Å². The highest BCUT2D eigenvalue weighted by atomic mass is 32.2. The minimum absolute atomic E-state index is 0.0371. The molecule has 0 saturated heterocycles. The molecule has 1 aromatic carbocycles. The third-order valence-corrected chi connectivity index (χ3v) is 7.93. The zero-order chi connectivity index (χ0) is 19.1. The second kappa shape index (κ2) is 9.68. The first kappa shape index (κ1) is 20.3. The van der Waals surface area contributed by atoms with Gasteiger partial charge in [-0.3, -0.25) is 4.72 Å². The van der Waals surface area contributed by atoms with E-state index in [4.69, 9.17) is 0 Å². The van der Waals surface area contributed by atoms with Gasteiger partial charge in [-0.2, -0.15) is 0 Å². The van der Waals surface area contributed by atoms with E-state index < -0.39 is 10.0 Å². The monoisotopic (exact) mass is 408 g/mol. The van der Waals surface area contributed by atoms with Crippen molar-refractivity contribution in [3.8, 4) is 0 Å². The van der Waals surface area contributed by atoms with Gasteiger partial charge in [-0.15, -0.1) is 11.3 Å². The van der Waals surface area contributed by atoms with E-state index in [1.54, 1.807) is 23.6 Å². The fraction of sp³-hybridized carbons (Fsp3) is 0.500. The molecule has 1 aliphatic rings. The van der Waals surface area contributed by atoms with Gasteiger partial charge >= 0.3 is 0 Å². The second-order valence-electron chi connectivity index (χ2n) is 7.19. The van der Waals surface area contributed by atoms with Crippen LogP contribution in [0.25, 0.3) is 0 Å². The van der Waals surface area contributed by atoms with Gasteiger partial charge in [-0.1, -0.05) is 56.4 Å². The topological polar surface area (TPSA) is 78.4 Å². The first-order valence-corrected chi connectivity index (χ1v) is 11.9. The van der Waals surface area contributed by atoms with Crippen molar-refractivity contribution >= 4 is 27.0 Å². The van der Waals surface area contributed by atoms with Gasteiger partial charge < -0.3 is 10.4 Å². The Morgan fingerprint density at radius 2 is 1.89 bits per heavy atom. The molecule has 3 N–H and O–H groups in total. The normalized spacial score (nSPS) is 16.9. The van der Waals surface area contributed by atoms with Crippen LogP contribution in [0.2, 0.25) is 0 Å². The molecule has 2 aromatic rings. The van der Waals surface area contributed by atoms with Crippen LogP contribution in [0.3, 0.4) is 0 Å². The summed E-state index contributed by atoms with van der Waals surface area (Å²) in [6.07, 6.45) is 7.36. The summed E-state index contributed by atoms with van der Waals surface area (Å²) < 4.78 is 28.0. The molecule has 0 radical (unpaired) electrons. The Labute approximate surface area is 165 Å². The maximum absolute atomic E-state index is 12.5. The number of aliphatic hydroxyl groups excluding tert-OH is 1. The quantitative estimate of drug-likeness (QED) is 0.587. The maximum atomic E-state index is 12.5. The van der Waals surface area contributed by atoms with Crippen LogP contribution in [0.15, 0.2) is 46.0 Å².